The number of aryl methyl sites for hydroxylation is 1. The van der Waals surface area contributed by atoms with Gasteiger partial charge in [0.15, 0.2) is 0 Å². The summed E-state index contributed by atoms with van der Waals surface area (Å²) < 4.78 is 1.72. The molecule has 1 aromatic heterocycles. The fourth-order valence-corrected chi connectivity index (χ4v) is 2.05. The van der Waals surface area contributed by atoms with Crippen LogP contribution in [0.1, 0.15) is 12.0 Å². The van der Waals surface area contributed by atoms with E-state index in [9.17, 15) is 4.79 Å². The average molecular weight is 256 g/mol. The smallest absolute Gasteiger partial charge is 0.239 e. The Bertz CT molecular complexity index is 366. The third-order valence-corrected chi connectivity index (χ3v) is 3.15. The van der Waals surface area contributed by atoms with E-state index in [1.165, 1.54) is 0 Å². The molecule has 0 aliphatic rings. The van der Waals surface area contributed by atoms with Gasteiger partial charge in [0.1, 0.15) is 0 Å². The fraction of sp³-hybridized carbons (Fsp3) is 0.636. The third kappa shape index (κ3) is 4.40. The van der Waals surface area contributed by atoms with Crippen LogP contribution in [0.15, 0.2) is 12.4 Å². The molecule has 1 aromatic rings. The first kappa shape index (κ1) is 14.1. The highest BCUT2D eigenvalue weighted by atomic mass is 32.2. The van der Waals surface area contributed by atoms with Crippen molar-refractivity contribution in [3.63, 3.8) is 0 Å². The van der Waals surface area contributed by atoms with E-state index in [4.69, 9.17) is 5.73 Å². The predicted molar refractivity (Wildman–Crippen MR) is 70.7 cm³/mol. The Kier molecular flexibility index (Phi) is 5.50. The zero-order chi connectivity index (χ0) is 12.8. The first-order valence-electron chi connectivity index (χ1n) is 5.51. The van der Waals surface area contributed by atoms with Gasteiger partial charge in [-0.05, 0) is 18.4 Å². The summed E-state index contributed by atoms with van der Waals surface area (Å²) in [5.41, 5.74) is 6.85. The van der Waals surface area contributed by atoms with Crippen LogP contribution in [0, 0.1) is 0 Å². The molecule has 0 unspecified atom stereocenters. The molecule has 1 heterocycles. The van der Waals surface area contributed by atoms with Crippen LogP contribution in [0.3, 0.4) is 0 Å². The first-order chi connectivity index (χ1) is 8.04. The summed E-state index contributed by atoms with van der Waals surface area (Å²) in [5.74, 6) is 0.899. The number of nitrogens with two attached hydrogens (primary N) is 1. The molecular weight excluding hydrogens is 236 g/mol. The monoisotopic (exact) mass is 256 g/mol. The minimum absolute atomic E-state index is 0.0112. The van der Waals surface area contributed by atoms with Crippen molar-refractivity contribution < 1.29 is 4.79 Å². The van der Waals surface area contributed by atoms with Gasteiger partial charge in [-0.1, -0.05) is 0 Å². The fourth-order valence-electron chi connectivity index (χ4n) is 1.56. The van der Waals surface area contributed by atoms with E-state index in [1.54, 1.807) is 34.6 Å². The number of likely N-dealkylation sites (N-methyl/N-ethyl adjacent to an activating group) is 1. The average Bonchev–Trinajstić information content (AvgIpc) is 2.70. The zero-order valence-corrected chi connectivity index (χ0v) is 11.4. The third-order valence-electron chi connectivity index (χ3n) is 2.50. The molecule has 0 spiro atoms. The summed E-state index contributed by atoms with van der Waals surface area (Å²) in [7, 11) is 3.63. The van der Waals surface area contributed by atoms with Crippen LogP contribution in [0.4, 0.5) is 0 Å². The van der Waals surface area contributed by atoms with Crippen molar-refractivity contribution in [3.8, 4) is 0 Å². The maximum absolute atomic E-state index is 11.9. The van der Waals surface area contributed by atoms with Crippen molar-refractivity contribution in [2.24, 2.45) is 12.8 Å². The van der Waals surface area contributed by atoms with Crippen molar-refractivity contribution >= 4 is 17.7 Å². The summed E-state index contributed by atoms with van der Waals surface area (Å²) in [4.78, 5) is 13.6. The Morgan fingerprint density at radius 1 is 1.71 bits per heavy atom. The predicted octanol–water partition coefficient (Wildman–Crippen LogP) is 0.459. The summed E-state index contributed by atoms with van der Waals surface area (Å²) in [6.07, 6.45) is 6.39. The number of hydrogen-bond donors (Lipinski definition) is 1. The van der Waals surface area contributed by atoms with E-state index in [1.807, 2.05) is 19.5 Å². The summed E-state index contributed by atoms with van der Waals surface area (Å²) in [6.45, 7) is 0.555. The maximum atomic E-state index is 11.9. The molecule has 0 radical (unpaired) electrons. The topological polar surface area (TPSA) is 64.2 Å². The molecular formula is C11H20N4OS. The molecule has 0 aromatic carbocycles. The summed E-state index contributed by atoms with van der Waals surface area (Å²) in [6, 6.07) is -0.399. The van der Waals surface area contributed by atoms with Crippen LogP contribution in [-0.4, -0.2) is 45.7 Å². The lowest BCUT2D eigenvalue weighted by molar-refractivity contribution is -0.131. The molecule has 0 saturated heterocycles. The highest BCUT2D eigenvalue weighted by Gasteiger charge is 2.17. The molecule has 0 aliphatic heterocycles. The Hall–Kier alpha value is -1.01. The second kappa shape index (κ2) is 6.66. The number of carbonyl (C=O) groups is 1. The quantitative estimate of drug-likeness (QED) is 0.803. The molecule has 96 valence electrons. The van der Waals surface area contributed by atoms with E-state index in [2.05, 4.69) is 5.10 Å². The van der Waals surface area contributed by atoms with Crippen LogP contribution in [0.2, 0.25) is 0 Å². The molecule has 0 aliphatic carbocycles. The highest BCUT2D eigenvalue weighted by molar-refractivity contribution is 7.98. The van der Waals surface area contributed by atoms with E-state index < -0.39 is 6.04 Å². The van der Waals surface area contributed by atoms with Gasteiger partial charge in [0, 0.05) is 32.4 Å². The lowest BCUT2D eigenvalue weighted by Crippen LogP contribution is -2.41. The van der Waals surface area contributed by atoms with Crippen LogP contribution in [-0.2, 0) is 18.4 Å². The SMILES string of the molecule is CSCC[C@@H](N)C(=O)N(C)Cc1cnn(C)c1. The Balaban J connectivity index is 2.46. The van der Waals surface area contributed by atoms with Gasteiger partial charge in [-0.25, -0.2) is 0 Å². The molecule has 6 heteroatoms. The summed E-state index contributed by atoms with van der Waals surface area (Å²) in [5, 5.41) is 4.07. The molecule has 0 saturated carbocycles. The van der Waals surface area contributed by atoms with Crippen LogP contribution >= 0.6 is 11.8 Å². The van der Waals surface area contributed by atoms with Gasteiger partial charge in [-0.2, -0.15) is 16.9 Å². The molecule has 1 amide bonds. The van der Waals surface area contributed by atoms with Gasteiger partial charge in [-0.3, -0.25) is 9.48 Å². The Morgan fingerprint density at radius 3 is 2.94 bits per heavy atom. The number of nitrogens with zero attached hydrogens (tertiary/aromatic N) is 3. The first-order valence-corrected chi connectivity index (χ1v) is 6.91. The van der Waals surface area contributed by atoms with Gasteiger partial charge < -0.3 is 10.6 Å². The van der Waals surface area contributed by atoms with Crippen molar-refractivity contribution in [2.45, 2.75) is 19.0 Å². The highest BCUT2D eigenvalue weighted by Crippen LogP contribution is 2.05. The lowest BCUT2D eigenvalue weighted by atomic mass is 10.2. The number of thioether (sulfide) groups is 1. The second-order valence-electron chi connectivity index (χ2n) is 4.10. The van der Waals surface area contributed by atoms with Gasteiger partial charge in [0.25, 0.3) is 0 Å². The number of amides is 1. The standard InChI is InChI=1S/C11H20N4OS/c1-14(7-9-6-13-15(2)8-9)11(16)10(12)4-5-17-3/h6,8,10H,4-5,7,12H2,1-3H3/t10-/m1/s1. The molecule has 0 bridgehead atoms. The Morgan fingerprint density at radius 2 is 2.41 bits per heavy atom. The normalized spacial score (nSPS) is 12.5. The lowest BCUT2D eigenvalue weighted by Gasteiger charge is -2.20. The maximum Gasteiger partial charge on any atom is 0.239 e. The molecule has 1 rings (SSSR count). The minimum atomic E-state index is -0.399. The van der Waals surface area contributed by atoms with E-state index in [0.717, 1.165) is 17.7 Å². The van der Waals surface area contributed by atoms with Crippen molar-refractivity contribution in [3.05, 3.63) is 18.0 Å². The van der Waals surface area contributed by atoms with Crippen molar-refractivity contribution in [1.82, 2.24) is 14.7 Å². The molecule has 17 heavy (non-hydrogen) atoms. The summed E-state index contributed by atoms with van der Waals surface area (Å²) >= 11 is 1.70. The van der Waals surface area contributed by atoms with Crippen molar-refractivity contribution in [2.75, 3.05) is 19.1 Å². The van der Waals surface area contributed by atoms with E-state index in [-0.39, 0.29) is 5.91 Å². The molecule has 5 nitrogen and oxygen atoms in total. The number of carbonyl (C=O) groups excluding carboxylic acids is 1. The molecule has 0 fully saturated rings. The number of aromatic nitrogens is 2. The van der Waals surface area contributed by atoms with E-state index in [0.29, 0.717) is 6.54 Å². The Labute approximate surface area is 106 Å². The van der Waals surface area contributed by atoms with Gasteiger partial charge in [-0.15, -0.1) is 0 Å². The van der Waals surface area contributed by atoms with Crippen LogP contribution < -0.4 is 5.73 Å². The molecule has 1 atom stereocenters. The van der Waals surface area contributed by atoms with Gasteiger partial charge in [0.2, 0.25) is 5.91 Å². The largest absolute Gasteiger partial charge is 0.340 e. The zero-order valence-electron chi connectivity index (χ0n) is 10.6. The van der Waals surface area contributed by atoms with Gasteiger partial charge >= 0.3 is 0 Å². The number of rotatable bonds is 6. The van der Waals surface area contributed by atoms with E-state index >= 15 is 0 Å². The second-order valence-corrected chi connectivity index (χ2v) is 5.09. The van der Waals surface area contributed by atoms with Crippen LogP contribution in [0.25, 0.3) is 0 Å². The van der Waals surface area contributed by atoms with Gasteiger partial charge in [0.05, 0.1) is 12.2 Å². The van der Waals surface area contributed by atoms with Crippen molar-refractivity contribution in [1.29, 1.82) is 0 Å². The minimum Gasteiger partial charge on any atom is -0.340 e. The number of hydrogen-bond acceptors (Lipinski definition) is 4. The van der Waals surface area contributed by atoms with Crippen LogP contribution in [0.5, 0.6) is 0 Å². The molecule has 2 N–H and O–H groups in total.